The van der Waals surface area contributed by atoms with E-state index in [9.17, 15) is 4.79 Å². The summed E-state index contributed by atoms with van der Waals surface area (Å²) in [5, 5.41) is 11.1. The van der Waals surface area contributed by atoms with Gasteiger partial charge in [0.05, 0.1) is 12.3 Å². The molecule has 0 bridgehead atoms. The number of aliphatic hydroxyl groups is 1. The first-order valence-electron chi connectivity index (χ1n) is 6.76. The summed E-state index contributed by atoms with van der Waals surface area (Å²) in [5.41, 5.74) is 7.26. The van der Waals surface area contributed by atoms with E-state index in [0.717, 1.165) is 12.1 Å². The predicted molar refractivity (Wildman–Crippen MR) is 84.0 cm³/mol. The number of nitrogens with one attached hydrogen (secondary N) is 1. The minimum absolute atomic E-state index is 0.0779. The van der Waals surface area contributed by atoms with Crippen molar-refractivity contribution in [3.8, 4) is 5.75 Å². The molecule has 0 aromatic heterocycles. The van der Waals surface area contributed by atoms with Crippen molar-refractivity contribution in [3.05, 3.63) is 29.8 Å². The first kappa shape index (κ1) is 17.0. The van der Waals surface area contributed by atoms with E-state index in [1.54, 1.807) is 18.2 Å². The van der Waals surface area contributed by atoms with Crippen LogP contribution in [0.3, 0.4) is 0 Å². The van der Waals surface area contributed by atoms with Crippen LogP contribution in [0.25, 0.3) is 6.08 Å². The molecule has 6 nitrogen and oxygen atoms in total. The van der Waals surface area contributed by atoms with Crippen LogP contribution in [0.2, 0.25) is 0 Å². The Morgan fingerprint density at radius 3 is 2.86 bits per heavy atom. The molecule has 0 fully saturated rings. The van der Waals surface area contributed by atoms with Crippen molar-refractivity contribution in [2.24, 2.45) is 0 Å². The first-order valence-corrected chi connectivity index (χ1v) is 6.76. The van der Waals surface area contributed by atoms with Gasteiger partial charge in [0.1, 0.15) is 12.4 Å². The van der Waals surface area contributed by atoms with Crippen LogP contribution in [0, 0.1) is 0 Å². The molecule has 1 rings (SSSR count). The largest absolute Gasteiger partial charge is 0.490 e. The van der Waals surface area contributed by atoms with Gasteiger partial charge in [-0.25, -0.2) is 0 Å². The van der Waals surface area contributed by atoms with E-state index < -0.39 is 0 Å². The number of benzene rings is 1. The van der Waals surface area contributed by atoms with E-state index in [-0.39, 0.29) is 19.1 Å². The molecule has 1 amide bonds. The van der Waals surface area contributed by atoms with Crippen LogP contribution in [0.5, 0.6) is 5.75 Å². The zero-order chi connectivity index (χ0) is 15.7. The maximum Gasteiger partial charge on any atom is 0.244 e. The number of ether oxygens (including phenoxy) is 1. The fourth-order valence-corrected chi connectivity index (χ4v) is 1.55. The number of nitrogens with zero attached hydrogens (tertiary/aromatic N) is 1. The van der Waals surface area contributed by atoms with Gasteiger partial charge in [-0.15, -0.1) is 0 Å². The van der Waals surface area contributed by atoms with Gasteiger partial charge in [-0.1, -0.05) is 6.07 Å². The van der Waals surface area contributed by atoms with Gasteiger partial charge in [0.25, 0.3) is 0 Å². The number of carbonyl (C=O) groups is 1. The average molecular weight is 293 g/mol. The second-order valence-electron chi connectivity index (χ2n) is 4.80. The molecule has 0 atom stereocenters. The number of anilines is 1. The zero-order valence-corrected chi connectivity index (χ0v) is 12.5. The third-order valence-corrected chi connectivity index (χ3v) is 2.67. The molecule has 6 heteroatoms. The molecule has 0 saturated heterocycles. The van der Waals surface area contributed by atoms with E-state index in [0.29, 0.717) is 18.0 Å². The molecular formula is C15H23N3O3. The Hall–Kier alpha value is -2.05. The minimum atomic E-state index is -0.256. The van der Waals surface area contributed by atoms with Crippen LogP contribution in [-0.4, -0.2) is 56.3 Å². The van der Waals surface area contributed by atoms with Crippen LogP contribution >= 0.6 is 0 Å². The highest BCUT2D eigenvalue weighted by atomic mass is 16.5. The van der Waals surface area contributed by atoms with Crippen LogP contribution in [0.15, 0.2) is 24.3 Å². The fourth-order valence-electron chi connectivity index (χ4n) is 1.55. The molecule has 0 aliphatic rings. The van der Waals surface area contributed by atoms with Crippen molar-refractivity contribution in [2.75, 3.05) is 46.1 Å². The van der Waals surface area contributed by atoms with Crippen LogP contribution in [-0.2, 0) is 4.79 Å². The molecule has 4 N–H and O–H groups in total. The smallest absolute Gasteiger partial charge is 0.244 e. The maximum absolute atomic E-state index is 11.4. The standard InChI is InChI=1S/C15H23N3O3/c1-18(2)8-10-21-14-5-3-12(11-13(14)16)4-6-15(20)17-7-9-19/h3-6,11,19H,7-10,16H2,1-2H3,(H,17,20)/b6-4-. The van der Waals surface area contributed by atoms with Crippen molar-refractivity contribution in [2.45, 2.75) is 0 Å². The Bertz CT molecular complexity index is 487. The Balaban J connectivity index is 2.57. The summed E-state index contributed by atoms with van der Waals surface area (Å²) < 4.78 is 5.58. The third-order valence-electron chi connectivity index (χ3n) is 2.67. The number of amides is 1. The van der Waals surface area contributed by atoms with E-state index in [2.05, 4.69) is 5.32 Å². The van der Waals surface area contributed by atoms with Crippen molar-refractivity contribution in [1.82, 2.24) is 10.2 Å². The molecule has 0 radical (unpaired) electrons. The molecule has 0 heterocycles. The monoisotopic (exact) mass is 293 g/mol. The summed E-state index contributed by atoms with van der Waals surface area (Å²) in [6, 6.07) is 5.37. The fraction of sp³-hybridized carbons (Fsp3) is 0.400. The van der Waals surface area contributed by atoms with Gasteiger partial charge in [0.15, 0.2) is 0 Å². The summed E-state index contributed by atoms with van der Waals surface area (Å²) in [7, 11) is 3.95. The summed E-state index contributed by atoms with van der Waals surface area (Å²) in [6.07, 6.45) is 3.06. The van der Waals surface area contributed by atoms with Crippen molar-refractivity contribution in [1.29, 1.82) is 0 Å². The summed E-state index contributed by atoms with van der Waals surface area (Å²) >= 11 is 0. The summed E-state index contributed by atoms with van der Waals surface area (Å²) in [4.78, 5) is 13.4. The van der Waals surface area contributed by atoms with E-state index in [4.69, 9.17) is 15.6 Å². The molecule has 116 valence electrons. The van der Waals surface area contributed by atoms with Gasteiger partial charge in [-0.3, -0.25) is 4.79 Å². The number of nitrogens with two attached hydrogens (primary N) is 1. The lowest BCUT2D eigenvalue weighted by atomic mass is 10.1. The first-order chi connectivity index (χ1) is 10.0. The van der Waals surface area contributed by atoms with Crippen molar-refractivity contribution in [3.63, 3.8) is 0 Å². The zero-order valence-electron chi connectivity index (χ0n) is 12.5. The number of likely N-dealkylation sites (N-methyl/N-ethyl adjacent to an activating group) is 1. The number of rotatable bonds is 8. The van der Waals surface area contributed by atoms with Gasteiger partial charge in [0, 0.05) is 19.2 Å². The third kappa shape index (κ3) is 6.78. The number of carbonyl (C=O) groups excluding carboxylic acids is 1. The molecule has 0 unspecified atom stereocenters. The van der Waals surface area contributed by atoms with E-state index in [1.807, 2.05) is 25.1 Å². The Labute approximate surface area is 125 Å². The van der Waals surface area contributed by atoms with Crippen LogP contribution in [0.1, 0.15) is 5.56 Å². The Kier molecular flexibility index (Phi) is 7.28. The molecule has 1 aromatic rings. The molecular weight excluding hydrogens is 270 g/mol. The topological polar surface area (TPSA) is 87.8 Å². The SMILES string of the molecule is CN(C)CCOc1ccc(/C=C\C(=O)NCCO)cc1N. The lowest BCUT2D eigenvalue weighted by molar-refractivity contribution is -0.116. The van der Waals surface area contributed by atoms with E-state index in [1.165, 1.54) is 6.08 Å². The second kappa shape index (κ2) is 8.99. The van der Waals surface area contributed by atoms with Gasteiger partial charge >= 0.3 is 0 Å². The van der Waals surface area contributed by atoms with Gasteiger partial charge in [-0.05, 0) is 37.9 Å². The van der Waals surface area contributed by atoms with Crippen LogP contribution in [0.4, 0.5) is 5.69 Å². The summed E-state index contributed by atoms with van der Waals surface area (Å²) in [6.45, 7) is 1.54. The molecule has 0 saturated carbocycles. The molecule has 0 aliphatic heterocycles. The molecule has 0 aliphatic carbocycles. The number of nitrogen functional groups attached to an aromatic ring is 1. The molecule has 0 spiro atoms. The highest BCUT2D eigenvalue weighted by molar-refractivity contribution is 5.91. The minimum Gasteiger partial charge on any atom is -0.490 e. The quantitative estimate of drug-likeness (QED) is 0.475. The lowest BCUT2D eigenvalue weighted by Crippen LogP contribution is -2.24. The normalized spacial score (nSPS) is 11.0. The van der Waals surface area contributed by atoms with Gasteiger partial charge < -0.3 is 25.8 Å². The van der Waals surface area contributed by atoms with E-state index >= 15 is 0 Å². The lowest BCUT2D eigenvalue weighted by Gasteiger charge is -2.12. The molecule has 1 aromatic carbocycles. The maximum atomic E-state index is 11.4. The summed E-state index contributed by atoms with van der Waals surface area (Å²) in [5.74, 6) is 0.382. The highest BCUT2D eigenvalue weighted by Gasteiger charge is 2.02. The number of hydrogen-bond donors (Lipinski definition) is 3. The average Bonchev–Trinajstić information content (AvgIpc) is 2.44. The second-order valence-corrected chi connectivity index (χ2v) is 4.80. The Morgan fingerprint density at radius 2 is 2.24 bits per heavy atom. The van der Waals surface area contributed by atoms with Gasteiger partial charge in [-0.2, -0.15) is 0 Å². The molecule has 21 heavy (non-hydrogen) atoms. The van der Waals surface area contributed by atoms with Gasteiger partial charge in [0.2, 0.25) is 5.91 Å². The Morgan fingerprint density at radius 1 is 1.48 bits per heavy atom. The number of aliphatic hydroxyl groups excluding tert-OH is 1. The highest BCUT2D eigenvalue weighted by Crippen LogP contribution is 2.23. The number of hydrogen-bond acceptors (Lipinski definition) is 5. The predicted octanol–water partition coefficient (Wildman–Crippen LogP) is 0.331. The van der Waals surface area contributed by atoms with Crippen molar-refractivity contribution < 1.29 is 14.6 Å². The van der Waals surface area contributed by atoms with Crippen LogP contribution < -0.4 is 15.8 Å². The van der Waals surface area contributed by atoms with Crippen molar-refractivity contribution >= 4 is 17.7 Å².